The molecule has 0 aliphatic rings. The molecule has 2 heteroatoms. The maximum Gasteiger partial charge on any atom is 0.116 e. The van der Waals surface area contributed by atoms with Crippen LogP contribution in [-0.4, -0.2) is 23.1 Å². The molecule has 0 spiro atoms. The Kier molecular flexibility index (Phi) is 6.44. The predicted molar refractivity (Wildman–Crippen MR) is 113 cm³/mol. The Bertz CT molecular complexity index is 758. The highest BCUT2D eigenvalue weighted by atomic mass is 16.3. The molecule has 0 bridgehead atoms. The summed E-state index contributed by atoms with van der Waals surface area (Å²) < 4.78 is 0. The van der Waals surface area contributed by atoms with Crippen LogP contribution in [0.3, 0.4) is 0 Å². The highest BCUT2D eigenvalue weighted by Gasteiger charge is 2.36. The largest absolute Gasteiger partial charge is 0.380 e. The molecule has 1 N–H and O–H groups in total. The second-order valence-corrected chi connectivity index (χ2v) is 6.94. The van der Waals surface area contributed by atoms with Crippen LogP contribution in [-0.2, 0) is 5.60 Å². The summed E-state index contributed by atoms with van der Waals surface area (Å²) in [6, 6.07) is 30.7. The van der Waals surface area contributed by atoms with Gasteiger partial charge in [-0.2, -0.15) is 0 Å². The third-order valence-electron chi connectivity index (χ3n) is 5.43. The summed E-state index contributed by atoms with van der Waals surface area (Å²) in [5.41, 5.74) is 2.06. The van der Waals surface area contributed by atoms with Crippen LogP contribution in [0, 0.1) is 0 Å². The average Bonchev–Trinajstić information content (AvgIpc) is 2.75. The van der Waals surface area contributed by atoms with Gasteiger partial charge in [-0.1, -0.05) is 105 Å². The Morgan fingerprint density at radius 1 is 0.704 bits per heavy atom. The molecule has 0 heterocycles. The quantitative estimate of drug-likeness (QED) is 0.582. The Balaban J connectivity index is 2.08. The van der Waals surface area contributed by atoms with Gasteiger partial charge in [0.05, 0.1) is 0 Å². The number of aliphatic hydroxyl groups is 1. The summed E-state index contributed by atoms with van der Waals surface area (Å²) in [6.45, 7) is 6.25. The van der Waals surface area contributed by atoms with Gasteiger partial charge in [0.2, 0.25) is 0 Å². The molecule has 0 amide bonds. The van der Waals surface area contributed by atoms with Crippen LogP contribution < -0.4 is 0 Å². The highest BCUT2D eigenvalue weighted by molar-refractivity contribution is 5.37. The van der Waals surface area contributed by atoms with E-state index in [0.717, 1.165) is 24.2 Å². The van der Waals surface area contributed by atoms with Crippen LogP contribution in [0.15, 0.2) is 91.0 Å². The van der Waals surface area contributed by atoms with Gasteiger partial charge in [-0.3, -0.25) is 4.90 Å². The zero-order valence-corrected chi connectivity index (χ0v) is 16.3. The highest BCUT2D eigenvalue weighted by Crippen LogP contribution is 2.40. The lowest BCUT2D eigenvalue weighted by Gasteiger charge is -2.38. The van der Waals surface area contributed by atoms with Gasteiger partial charge < -0.3 is 5.11 Å². The summed E-state index contributed by atoms with van der Waals surface area (Å²) in [7, 11) is 0. The van der Waals surface area contributed by atoms with Gasteiger partial charge in [-0.25, -0.2) is 0 Å². The molecule has 0 aliphatic carbocycles. The SMILES string of the molecule is CCN(CC)C(CC(O)(c1ccccc1)c1ccccc1)c1ccccc1. The molecule has 0 fully saturated rings. The lowest BCUT2D eigenvalue weighted by Crippen LogP contribution is -2.37. The Hall–Kier alpha value is -2.42. The zero-order chi connectivity index (χ0) is 19.1. The van der Waals surface area contributed by atoms with Crippen molar-refractivity contribution in [2.75, 3.05) is 13.1 Å². The van der Waals surface area contributed by atoms with E-state index >= 15 is 0 Å². The molecular formula is C25H29NO. The molecular weight excluding hydrogens is 330 g/mol. The fraction of sp³-hybridized carbons (Fsp3) is 0.280. The molecule has 3 rings (SSSR count). The first-order valence-electron chi connectivity index (χ1n) is 9.81. The van der Waals surface area contributed by atoms with Crippen LogP contribution in [0.25, 0.3) is 0 Å². The van der Waals surface area contributed by atoms with E-state index in [1.165, 1.54) is 5.56 Å². The van der Waals surface area contributed by atoms with E-state index < -0.39 is 5.60 Å². The Morgan fingerprint density at radius 3 is 1.52 bits per heavy atom. The molecule has 140 valence electrons. The Labute approximate surface area is 163 Å². The molecule has 1 unspecified atom stereocenters. The second kappa shape index (κ2) is 8.98. The lowest BCUT2D eigenvalue weighted by molar-refractivity contribution is 0.0340. The summed E-state index contributed by atoms with van der Waals surface area (Å²) >= 11 is 0. The minimum absolute atomic E-state index is 0.131. The summed E-state index contributed by atoms with van der Waals surface area (Å²) in [6.07, 6.45) is 0.604. The smallest absolute Gasteiger partial charge is 0.116 e. The zero-order valence-electron chi connectivity index (χ0n) is 16.3. The van der Waals surface area contributed by atoms with E-state index in [-0.39, 0.29) is 6.04 Å². The molecule has 2 nitrogen and oxygen atoms in total. The number of hydrogen-bond acceptors (Lipinski definition) is 2. The van der Waals surface area contributed by atoms with Crippen molar-refractivity contribution in [3.63, 3.8) is 0 Å². The van der Waals surface area contributed by atoms with E-state index in [1.54, 1.807) is 0 Å². The predicted octanol–water partition coefficient (Wildman–Crippen LogP) is 5.40. The fourth-order valence-corrected chi connectivity index (χ4v) is 3.91. The Morgan fingerprint density at radius 2 is 1.11 bits per heavy atom. The third-order valence-corrected chi connectivity index (χ3v) is 5.43. The normalized spacial score (nSPS) is 12.9. The molecule has 1 atom stereocenters. The molecule has 0 radical (unpaired) electrons. The molecule has 3 aromatic rings. The van der Waals surface area contributed by atoms with Crippen LogP contribution in [0.1, 0.15) is 43.0 Å². The number of hydrogen-bond donors (Lipinski definition) is 1. The van der Waals surface area contributed by atoms with Gasteiger partial charge in [-0.05, 0) is 29.8 Å². The summed E-state index contributed by atoms with van der Waals surface area (Å²) in [5.74, 6) is 0. The second-order valence-electron chi connectivity index (χ2n) is 6.94. The van der Waals surface area contributed by atoms with E-state index in [0.29, 0.717) is 6.42 Å². The summed E-state index contributed by atoms with van der Waals surface area (Å²) in [4.78, 5) is 2.42. The van der Waals surface area contributed by atoms with Gasteiger partial charge in [0.1, 0.15) is 5.60 Å². The van der Waals surface area contributed by atoms with Crippen molar-refractivity contribution >= 4 is 0 Å². The third kappa shape index (κ3) is 4.29. The van der Waals surface area contributed by atoms with Crippen molar-refractivity contribution in [2.24, 2.45) is 0 Å². The van der Waals surface area contributed by atoms with Crippen LogP contribution in [0.2, 0.25) is 0 Å². The molecule has 3 aromatic carbocycles. The van der Waals surface area contributed by atoms with E-state index in [2.05, 4.69) is 43.0 Å². The first-order valence-corrected chi connectivity index (χ1v) is 9.81. The molecule has 0 aliphatic heterocycles. The van der Waals surface area contributed by atoms with Crippen molar-refractivity contribution in [3.05, 3.63) is 108 Å². The topological polar surface area (TPSA) is 23.5 Å². The number of benzene rings is 3. The van der Waals surface area contributed by atoms with E-state index in [9.17, 15) is 5.11 Å². The van der Waals surface area contributed by atoms with Gasteiger partial charge in [0, 0.05) is 12.5 Å². The molecule has 27 heavy (non-hydrogen) atoms. The fourth-order valence-electron chi connectivity index (χ4n) is 3.91. The first kappa shape index (κ1) is 19.3. The van der Waals surface area contributed by atoms with Crippen LogP contribution in [0.4, 0.5) is 0 Å². The van der Waals surface area contributed by atoms with Crippen molar-refractivity contribution in [1.82, 2.24) is 4.90 Å². The molecule has 0 saturated heterocycles. The van der Waals surface area contributed by atoms with E-state index in [4.69, 9.17) is 0 Å². The van der Waals surface area contributed by atoms with Crippen LogP contribution in [0.5, 0.6) is 0 Å². The number of nitrogens with zero attached hydrogens (tertiary/aromatic N) is 1. The van der Waals surface area contributed by atoms with E-state index in [1.807, 2.05) is 66.7 Å². The van der Waals surface area contributed by atoms with Gasteiger partial charge in [0.15, 0.2) is 0 Å². The van der Waals surface area contributed by atoms with Gasteiger partial charge in [0.25, 0.3) is 0 Å². The van der Waals surface area contributed by atoms with Crippen molar-refractivity contribution in [1.29, 1.82) is 0 Å². The monoisotopic (exact) mass is 359 g/mol. The van der Waals surface area contributed by atoms with Crippen LogP contribution >= 0.6 is 0 Å². The standard InChI is InChI=1S/C25H29NO/c1-3-26(4-2)24(21-14-8-5-9-15-21)20-25(27,22-16-10-6-11-17-22)23-18-12-7-13-19-23/h5-19,24,27H,3-4,20H2,1-2H3. The van der Waals surface area contributed by atoms with Crippen molar-refractivity contribution < 1.29 is 5.11 Å². The van der Waals surface area contributed by atoms with Crippen molar-refractivity contribution in [3.8, 4) is 0 Å². The van der Waals surface area contributed by atoms with Gasteiger partial charge >= 0.3 is 0 Å². The number of rotatable bonds is 8. The molecule has 0 saturated carbocycles. The molecule has 0 aromatic heterocycles. The van der Waals surface area contributed by atoms with Gasteiger partial charge in [-0.15, -0.1) is 0 Å². The maximum absolute atomic E-state index is 12.0. The summed E-state index contributed by atoms with van der Waals surface area (Å²) in [5, 5.41) is 12.0. The first-order chi connectivity index (χ1) is 13.2. The lowest BCUT2D eigenvalue weighted by atomic mass is 9.79. The maximum atomic E-state index is 12.0. The average molecular weight is 360 g/mol. The minimum atomic E-state index is -1.05. The van der Waals surface area contributed by atoms with Crippen molar-refractivity contribution in [2.45, 2.75) is 31.9 Å². The minimum Gasteiger partial charge on any atom is -0.380 e.